The van der Waals surface area contributed by atoms with Crippen molar-refractivity contribution in [3.63, 3.8) is 0 Å². The Labute approximate surface area is 149 Å². The summed E-state index contributed by atoms with van der Waals surface area (Å²) >= 11 is 0. The monoisotopic (exact) mass is 364 g/mol. The van der Waals surface area contributed by atoms with Gasteiger partial charge in [-0.15, -0.1) is 0 Å². The van der Waals surface area contributed by atoms with E-state index in [1.165, 1.54) is 12.5 Å². The number of likely N-dealkylation sites (N-methyl/N-ethyl adjacent to an activating group) is 1. The molecule has 3 rings (SSSR count). The van der Waals surface area contributed by atoms with Crippen molar-refractivity contribution < 1.29 is 18.0 Å². The van der Waals surface area contributed by atoms with Crippen LogP contribution in [0.2, 0.25) is 0 Å². The molecule has 0 aliphatic carbocycles. The zero-order chi connectivity index (χ0) is 18.9. The van der Waals surface area contributed by atoms with Crippen LogP contribution in [0.5, 0.6) is 0 Å². The van der Waals surface area contributed by atoms with Gasteiger partial charge in [0.2, 0.25) is 5.91 Å². The van der Waals surface area contributed by atoms with Crippen molar-refractivity contribution in [1.82, 2.24) is 20.2 Å². The van der Waals surface area contributed by atoms with Crippen LogP contribution in [-0.2, 0) is 30.5 Å². The Morgan fingerprint density at radius 2 is 1.96 bits per heavy atom. The Kier molecular flexibility index (Phi) is 4.95. The first-order valence-electron chi connectivity index (χ1n) is 8.20. The second kappa shape index (κ2) is 7.03. The predicted octanol–water partition coefficient (Wildman–Crippen LogP) is 2.48. The second-order valence-corrected chi connectivity index (χ2v) is 6.43. The average Bonchev–Trinajstić information content (AvgIpc) is 2.58. The first-order chi connectivity index (χ1) is 12.2. The van der Waals surface area contributed by atoms with Gasteiger partial charge < -0.3 is 5.32 Å². The van der Waals surface area contributed by atoms with Crippen LogP contribution in [0.4, 0.5) is 13.2 Å². The number of benzene rings is 1. The number of fused-ring (bicyclic) bond motifs is 1. The molecule has 8 heteroatoms. The summed E-state index contributed by atoms with van der Waals surface area (Å²) in [4.78, 5) is 21.9. The van der Waals surface area contributed by atoms with Crippen LogP contribution in [0, 0.1) is 6.92 Å². The number of hydrogen-bond donors (Lipinski definition) is 1. The summed E-state index contributed by atoms with van der Waals surface area (Å²) < 4.78 is 38.5. The van der Waals surface area contributed by atoms with Crippen LogP contribution >= 0.6 is 0 Å². The van der Waals surface area contributed by atoms with E-state index >= 15 is 0 Å². The van der Waals surface area contributed by atoms with Crippen LogP contribution in [0.3, 0.4) is 0 Å². The number of carbonyl (C=O) groups is 1. The molecule has 0 saturated carbocycles. The minimum atomic E-state index is -4.54. The molecule has 1 aromatic carbocycles. The lowest BCUT2D eigenvalue weighted by Crippen LogP contribution is -2.48. The van der Waals surface area contributed by atoms with Crippen LogP contribution in [-0.4, -0.2) is 33.9 Å². The van der Waals surface area contributed by atoms with Gasteiger partial charge in [0, 0.05) is 12.2 Å². The van der Waals surface area contributed by atoms with E-state index in [0.29, 0.717) is 13.0 Å². The molecule has 26 heavy (non-hydrogen) atoms. The molecule has 1 atom stereocenters. The Balaban J connectivity index is 1.69. The summed E-state index contributed by atoms with van der Waals surface area (Å²) in [5.41, 5.74) is 1.49. The maximum atomic E-state index is 12.8. The van der Waals surface area contributed by atoms with E-state index in [-0.39, 0.29) is 30.0 Å². The standard InChI is InChI=1S/C18H19F3N4O/c1-11-7-15(18(19,20)21)24-16(23-11)9-22-17(26)14-8-12-5-3-4-6-13(12)10-25(14)2/h3-7,14H,8-10H2,1-2H3,(H,22,26)/t14-/m1/s1. The van der Waals surface area contributed by atoms with E-state index in [1.54, 1.807) is 0 Å². The number of alkyl halides is 3. The third-order valence-electron chi connectivity index (χ3n) is 4.40. The Bertz CT molecular complexity index is 822. The molecule has 138 valence electrons. The molecule has 0 radical (unpaired) electrons. The SMILES string of the molecule is Cc1cc(C(F)(F)F)nc(CNC(=O)[C@H]2Cc3ccccc3CN2C)n1. The Morgan fingerprint density at radius 1 is 1.27 bits per heavy atom. The molecule has 0 fully saturated rings. The summed E-state index contributed by atoms with van der Waals surface area (Å²) in [6.07, 6.45) is -3.99. The van der Waals surface area contributed by atoms with Gasteiger partial charge in [0.1, 0.15) is 11.5 Å². The van der Waals surface area contributed by atoms with Crippen LogP contribution in [0.1, 0.15) is 28.3 Å². The molecule has 1 amide bonds. The quantitative estimate of drug-likeness (QED) is 0.909. The summed E-state index contributed by atoms with van der Waals surface area (Å²) in [7, 11) is 1.85. The fourth-order valence-corrected chi connectivity index (χ4v) is 3.09. The minimum absolute atomic E-state index is 0.0514. The third kappa shape index (κ3) is 4.01. The number of aromatic nitrogens is 2. The molecule has 2 aromatic rings. The van der Waals surface area contributed by atoms with E-state index in [2.05, 4.69) is 15.3 Å². The highest BCUT2D eigenvalue weighted by Crippen LogP contribution is 2.27. The zero-order valence-electron chi connectivity index (χ0n) is 14.5. The fourth-order valence-electron chi connectivity index (χ4n) is 3.09. The van der Waals surface area contributed by atoms with Gasteiger partial charge >= 0.3 is 6.18 Å². The lowest BCUT2D eigenvalue weighted by Gasteiger charge is -2.32. The Hall–Kier alpha value is -2.48. The van der Waals surface area contributed by atoms with Gasteiger partial charge in [-0.25, -0.2) is 9.97 Å². The van der Waals surface area contributed by atoms with Crippen LogP contribution in [0.25, 0.3) is 0 Å². The molecular formula is C18H19F3N4O. The maximum absolute atomic E-state index is 12.8. The summed E-state index contributed by atoms with van der Waals surface area (Å²) in [6, 6.07) is 8.41. The van der Waals surface area contributed by atoms with E-state index < -0.39 is 11.9 Å². The molecule has 0 saturated heterocycles. The van der Waals surface area contributed by atoms with Crippen molar-refractivity contribution in [3.8, 4) is 0 Å². The first kappa shape index (κ1) is 18.3. The summed E-state index contributed by atoms with van der Waals surface area (Å²) in [5.74, 6) is -0.301. The molecule has 0 bridgehead atoms. The number of nitrogens with zero attached hydrogens (tertiary/aromatic N) is 3. The van der Waals surface area contributed by atoms with E-state index in [9.17, 15) is 18.0 Å². The normalized spacial score (nSPS) is 17.7. The average molecular weight is 364 g/mol. The predicted molar refractivity (Wildman–Crippen MR) is 89.0 cm³/mol. The molecule has 2 heterocycles. The molecule has 1 aliphatic rings. The number of halogens is 3. The minimum Gasteiger partial charge on any atom is -0.347 e. The first-order valence-corrected chi connectivity index (χ1v) is 8.20. The van der Waals surface area contributed by atoms with Gasteiger partial charge in [0.05, 0.1) is 12.6 Å². The molecule has 0 spiro atoms. The number of carbonyl (C=O) groups excluding carboxylic acids is 1. The Morgan fingerprint density at radius 3 is 2.65 bits per heavy atom. The van der Waals surface area contributed by atoms with E-state index in [1.807, 2.05) is 36.2 Å². The zero-order valence-corrected chi connectivity index (χ0v) is 14.5. The highest BCUT2D eigenvalue weighted by molar-refractivity contribution is 5.82. The van der Waals surface area contributed by atoms with Crippen molar-refractivity contribution in [2.45, 2.75) is 38.7 Å². The maximum Gasteiger partial charge on any atom is 0.433 e. The fraction of sp³-hybridized carbons (Fsp3) is 0.389. The van der Waals surface area contributed by atoms with Crippen LogP contribution < -0.4 is 5.32 Å². The molecule has 1 aromatic heterocycles. The highest BCUT2D eigenvalue weighted by Gasteiger charge is 2.33. The molecule has 5 nitrogen and oxygen atoms in total. The van der Waals surface area contributed by atoms with Gasteiger partial charge in [-0.1, -0.05) is 24.3 Å². The van der Waals surface area contributed by atoms with Gasteiger partial charge in [0.25, 0.3) is 0 Å². The molecule has 0 unspecified atom stereocenters. The number of amides is 1. The molecule has 1 N–H and O–H groups in total. The number of nitrogens with one attached hydrogen (secondary N) is 1. The van der Waals surface area contributed by atoms with Gasteiger partial charge in [-0.3, -0.25) is 9.69 Å². The lowest BCUT2D eigenvalue weighted by molar-refractivity contribution is -0.141. The topological polar surface area (TPSA) is 58.1 Å². The van der Waals surface area contributed by atoms with Crippen molar-refractivity contribution in [1.29, 1.82) is 0 Å². The smallest absolute Gasteiger partial charge is 0.347 e. The number of aryl methyl sites for hydroxylation is 1. The summed E-state index contributed by atoms with van der Waals surface area (Å²) in [5, 5.41) is 2.66. The number of rotatable bonds is 3. The second-order valence-electron chi connectivity index (χ2n) is 6.43. The van der Waals surface area contributed by atoms with Gasteiger partial charge in [0.15, 0.2) is 0 Å². The lowest BCUT2D eigenvalue weighted by atomic mass is 9.94. The van der Waals surface area contributed by atoms with Crippen molar-refractivity contribution in [2.24, 2.45) is 0 Å². The highest BCUT2D eigenvalue weighted by atomic mass is 19.4. The van der Waals surface area contributed by atoms with Crippen molar-refractivity contribution in [3.05, 3.63) is 58.7 Å². The van der Waals surface area contributed by atoms with E-state index in [0.717, 1.165) is 11.6 Å². The largest absolute Gasteiger partial charge is 0.433 e. The molecule has 1 aliphatic heterocycles. The third-order valence-corrected chi connectivity index (χ3v) is 4.40. The van der Waals surface area contributed by atoms with Gasteiger partial charge in [-0.05, 0) is 37.6 Å². The van der Waals surface area contributed by atoms with Crippen molar-refractivity contribution in [2.75, 3.05) is 7.05 Å². The van der Waals surface area contributed by atoms with Gasteiger partial charge in [-0.2, -0.15) is 13.2 Å². The molecular weight excluding hydrogens is 345 g/mol. The summed E-state index contributed by atoms with van der Waals surface area (Å²) in [6.45, 7) is 1.97. The van der Waals surface area contributed by atoms with E-state index in [4.69, 9.17) is 0 Å². The number of hydrogen-bond acceptors (Lipinski definition) is 4. The van der Waals surface area contributed by atoms with Crippen LogP contribution in [0.15, 0.2) is 30.3 Å². The van der Waals surface area contributed by atoms with Crippen molar-refractivity contribution >= 4 is 5.91 Å².